The molecule has 0 saturated heterocycles. The van der Waals surface area contributed by atoms with Crippen LogP contribution >= 0.6 is 22.9 Å². The average molecular weight is 346 g/mol. The number of primary sulfonamides is 1. The van der Waals surface area contributed by atoms with E-state index in [0.717, 1.165) is 10.6 Å². The molecule has 1 heterocycles. The van der Waals surface area contributed by atoms with Gasteiger partial charge in [-0.3, -0.25) is 0 Å². The number of thiophene rings is 1. The average Bonchev–Trinajstić information content (AvgIpc) is 2.75. The quantitative estimate of drug-likeness (QED) is 0.833. The van der Waals surface area contributed by atoms with E-state index in [1.54, 1.807) is 13.0 Å². The van der Waals surface area contributed by atoms with Crippen molar-refractivity contribution in [3.63, 3.8) is 0 Å². The number of nitrogens with two attached hydrogens (primary N) is 2. The number of sulfonamides is 1. The van der Waals surface area contributed by atoms with Gasteiger partial charge in [0.15, 0.2) is 0 Å². The van der Waals surface area contributed by atoms with Gasteiger partial charge in [-0.15, -0.1) is 11.3 Å². The van der Waals surface area contributed by atoms with E-state index in [1.165, 1.54) is 17.4 Å². The second-order valence-corrected chi connectivity index (χ2v) is 8.10. The summed E-state index contributed by atoms with van der Waals surface area (Å²) in [5.41, 5.74) is 7.46. The lowest BCUT2D eigenvalue weighted by atomic mass is 10.1. The maximum absolute atomic E-state index is 11.6. The highest BCUT2D eigenvalue weighted by molar-refractivity contribution is 7.89. The Balaban J connectivity index is 2.41. The summed E-state index contributed by atoms with van der Waals surface area (Å²) < 4.78 is 24.0. The van der Waals surface area contributed by atoms with Crippen LogP contribution in [-0.4, -0.2) is 15.5 Å². The fourth-order valence-corrected chi connectivity index (χ4v) is 4.11. The first-order chi connectivity index (χ1) is 9.68. The molecule has 0 unspecified atom stereocenters. The molecule has 0 aliphatic rings. The van der Waals surface area contributed by atoms with Crippen LogP contribution in [0.15, 0.2) is 29.2 Å². The number of hydrogen-bond donors (Lipinski definition) is 2. The van der Waals surface area contributed by atoms with Crippen molar-refractivity contribution in [3.8, 4) is 0 Å². The molecule has 0 amide bonds. The van der Waals surface area contributed by atoms with Gasteiger partial charge < -0.3 is 10.6 Å². The van der Waals surface area contributed by atoms with Gasteiger partial charge in [-0.25, -0.2) is 13.6 Å². The van der Waals surface area contributed by atoms with Crippen molar-refractivity contribution in [2.45, 2.75) is 18.4 Å². The fourth-order valence-electron chi connectivity index (χ4n) is 2.14. The maximum Gasteiger partial charge on any atom is 0.238 e. The molecule has 8 heteroatoms. The van der Waals surface area contributed by atoms with Crippen LogP contribution in [0, 0.1) is 6.92 Å². The van der Waals surface area contributed by atoms with Crippen LogP contribution in [0.2, 0.25) is 4.34 Å². The Hall–Kier alpha value is -1.28. The van der Waals surface area contributed by atoms with Crippen molar-refractivity contribution in [2.24, 2.45) is 5.14 Å². The first-order valence-electron chi connectivity index (χ1n) is 6.07. The van der Waals surface area contributed by atoms with E-state index in [9.17, 15) is 8.42 Å². The predicted molar refractivity (Wildman–Crippen MR) is 88.4 cm³/mol. The van der Waals surface area contributed by atoms with Gasteiger partial charge >= 0.3 is 0 Å². The summed E-state index contributed by atoms with van der Waals surface area (Å²) in [7, 11) is -1.94. The molecule has 5 nitrogen and oxygen atoms in total. The van der Waals surface area contributed by atoms with E-state index in [0.29, 0.717) is 22.1 Å². The molecule has 0 bridgehead atoms. The molecule has 1 aromatic heterocycles. The second kappa shape index (κ2) is 5.84. The zero-order valence-electron chi connectivity index (χ0n) is 11.6. The Kier molecular flexibility index (Phi) is 4.48. The molecule has 4 N–H and O–H groups in total. The lowest BCUT2D eigenvalue weighted by molar-refractivity contribution is 0.597. The van der Waals surface area contributed by atoms with Gasteiger partial charge in [0, 0.05) is 23.3 Å². The highest BCUT2D eigenvalue weighted by Gasteiger charge is 2.18. The lowest BCUT2D eigenvalue weighted by Gasteiger charge is -2.22. The van der Waals surface area contributed by atoms with Crippen molar-refractivity contribution in [1.82, 2.24) is 0 Å². The zero-order valence-corrected chi connectivity index (χ0v) is 14.0. The molecule has 0 fully saturated rings. The topological polar surface area (TPSA) is 89.4 Å². The van der Waals surface area contributed by atoms with E-state index in [1.807, 2.05) is 24.1 Å². The normalized spacial score (nSPS) is 11.6. The lowest BCUT2D eigenvalue weighted by Crippen LogP contribution is -2.20. The van der Waals surface area contributed by atoms with Crippen LogP contribution in [0.25, 0.3) is 0 Å². The van der Waals surface area contributed by atoms with Crippen LogP contribution in [0.3, 0.4) is 0 Å². The molecule has 2 aromatic rings. The highest BCUT2D eigenvalue weighted by atomic mass is 35.5. The number of rotatable bonds is 4. The Morgan fingerprint density at radius 2 is 2.00 bits per heavy atom. The molecule has 0 saturated carbocycles. The molecule has 0 spiro atoms. The zero-order chi connectivity index (χ0) is 15.8. The summed E-state index contributed by atoms with van der Waals surface area (Å²) in [5, 5.41) is 5.23. The van der Waals surface area contributed by atoms with E-state index >= 15 is 0 Å². The van der Waals surface area contributed by atoms with Crippen molar-refractivity contribution in [3.05, 3.63) is 39.0 Å². The number of nitrogen functional groups attached to an aromatic ring is 1. The summed E-state index contributed by atoms with van der Waals surface area (Å²) in [5.74, 6) is 0. The van der Waals surface area contributed by atoms with E-state index < -0.39 is 10.0 Å². The fraction of sp³-hybridized carbons (Fsp3) is 0.231. The first kappa shape index (κ1) is 16.1. The molecular weight excluding hydrogens is 330 g/mol. The van der Waals surface area contributed by atoms with Crippen LogP contribution in [-0.2, 0) is 16.6 Å². The third-order valence-corrected chi connectivity index (χ3v) is 5.35. The number of nitrogens with zero attached hydrogens (tertiary/aromatic N) is 1. The summed E-state index contributed by atoms with van der Waals surface area (Å²) >= 11 is 7.40. The number of halogens is 1. The van der Waals surface area contributed by atoms with Crippen LogP contribution < -0.4 is 15.8 Å². The van der Waals surface area contributed by atoms with Crippen LogP contribution in [0.1, 0.15) is 10.4 Å². The molecule has 0 aliphatic heterocycles. The van der Waals surface area contributed by atoms with Gasteiger partial charge in [-0.05, 0) is 36.8 Å². The van der Waals surface area contributed by atoms with Crippen LogP contribution in [0.4, 0.5) is 11.4 Å². The maximum atomic E-state index is 11.6. The van der Waals surface area contributed by atoms with Gasteiger partial charge in [-0.2, -0.15) is 0 Å². The highest BCUT2D eigenvalue weighted by Crippen LogP contribution is 2.30. The van der Waals surface area contributed by atoms with Gasteiger partial charge in [0.2, 0.25) is 10.0 Å². The predicted octanol–water partition coefficient (Wildman–Crippen LogP) is 2.58. The van der Waals surface area contributed by atoms with E-state index in [4.69, 9.17) is 22.5 Å². The molecule has 21 heavy (non-hydrogen) atoms. The van der Waals surface area contributed by atoms with Crippen molar-refractivity contribution in [2.75, 3.05) is 17.7 Å². The minimum absolute atomic E-state index is 0.0496. The van der Waals surface area contributed by atoms with Gasteiger partial charge in [-0.1, -0.05) is 11.6 Å². The van der Waals surface area contributed by atoms with E-state index in [2.05, 4.69) is 0 Å². The Morgan fingerprint density at radius 3 is 2.52 bits per heavy atom. The molecule has 0 radical (unpaired) electrons. The Morgan fingerprint density at radius 1 is 1.33 bits per heavy atom. The Bertz CT molecular complexity index is 772. The third kappa shape index (κ3) is 3.68. The third-order valence-electron chi connectivity index (χ3n) is 3.09. The second-order valence-electron chi connectivity index (χ2n) is 4.77. The number of benzene rings is 1. The van der Waals surface area contributed by atoms with Crippen molar-refractivity contribution in [1.29, 1.82) is 0 Å². The Labute approximate surface area is 133 Å². The van der Waals surface area contributed by atoms with Gasteiger partial charge in [0.1, 0.15) is 0 Å². The van der Waals surface area contributed by atoms with Crippen molar-refractivity contribution < 1.29 is 8.42 Å². The smallest absolute Gasteiger partial charge is 0.238 e. The molecule has 0 aliphatic carbocycles. The summed E-state index contributed by atoms with van der Waals surface area (Å²) in [6.07, 6.45) is 0. The number of hydrogen-bond acceptors (Lipinski definition) is 5. The van der Waals surface area contributed by atoms with Crippen LogP contribution in [0.5, 0.6) is 0 Å². The first-order valence-corrected chi connectivity index (χ1v) is 8.81. The standard InChI is InChI=1S/C13H16ClN3O2S2/c1-8-11(5-9(15)6-12(8)21(16,18)19)17(2)7-10-3-4-13(14)20-10/h3-6H,7,15H2,1-2H3,(H2,16,18,19). The minimum Gasteiger partial charge on any atom is -0.399 e. The van der Waals surface area contributed by atoms with Gasteiger partial charge in [0.05, 0.1) is 15.8 Å². The molecular formula is C13H16ClN3O2S2. The minimum atomic E-state index is -3.81. The van der Waals surface area contributed by atoms with E-state index in [-0.39, 0.29) is 4.90 Å². The molecule has 0 atom stereocenters. The van der Waals surface area contributed by atoms with Gasteiger partial charge in [0.25, 0.3) is 0 Å². The molecule has 1 aromatic carbocycles. The summed E-state index contributed by atoms with van der Waals surface area (Å²) in [4.78, 5) is 3.04. The molecule has 114 valence electrons. The summed E-state index contributed by atoms with van der Waals surface area (Å²) in [6, 6.07) is 6.88. The largest absolute Gasteiger partial charge is 0.399 e. The molecule has 2 rings (SSSR count). The SMILES string of the molecule is Cc1c(N(C)Cc2ccc(Cl)s2)cc(N)cc1S(N)(=O)=O. The number of anilines is 2. The summed E-state index contributed by atoms with van der Waals surface area (Å²) in [6.45, 7) is 2.32. The monoisotopic (exact) mass is 345 g/mol. The van der Waals surface area contributed by atoms with Crippen molar-refractivity contribution >= 4 is 44.3 Å².